The number of benzene rings is 4. The maximum atomic E-state index is 12.9. The van der Waals surface area contributed by atoms with E-state index in [2.05, 4.69) is 85.6 Å². The molecule has 0 saturated carbocycles. The fraction of sp³-hybridized carbons (Fsp3) is 0.242. The van der Waals surface area contributed by atoms with Crippen LogP contribution in [0.2, 0.25) is 0 Å². The van der Waals surface area contributed by atoms with Gasteiger partial charge in [0, 0.05) is 24.0 Å². The number of hydrogen-bond donors (Lipinski definition) is 4. The van der Waals surface area contributed by atoms with Gasteiger partial charge >= 0.3 is 0 Å². The zero-order chi connectivity index (χ0) is 27.1. The number of rotatable bonds is 10. The third kappa shape index (κ3) is 6.35. The van der Waals surface area contributed by atoms with Gasteiger partial charge in [0.2, 0.25) is 0 Å². The predicted molar refractivity (Wildman–Crippen MR) is 161 cm³/mol. The Balaban J connectivity index is 1.36. The maximum absolute atomic E-state index is 12.9. The highest BCUT2D eigenvalue weighted by molar-refractivity contribution is 6.04. The summed E-state index contributed by atoms with van der Waals surface area (Å²) in [6.45, 7) is 9.10. The van der Waals surface area contributed by atoms with E-state index in [-0.39, 0.29) is 11.3 Å². The van der Waals surface area contributed by atoms with E-state index in [9.17, 15) is 4.79 Å². The van der Waals surface area contributed by atoms with Crippen LogP contribution in [-0.4, -0.2) is 13.0 Å². The Bertz CT molecular complexity index is 1350. The second-order valence-electron chi connectivity index (χ2n) is 10.4. The van der Waals surface area contributed by atoms with E-state index in [0.717, 1.165) is 29.2 Å². The van der Waals surface area contributed by atoms with Crippen LogP contribution in [0, 0.1) is 12.8 Å². The van der Waals surface area contributed by atoms with Gasteiger partial charge in [0.25, 0.3) is 5.91 Å². The Morgan fingerprint density at radius 2 is 1.26 bits per heavy atom. The van der Waals surface area contributed by atoms with Crippen LogP contribution < -0.4 is 21.5 Å². The average Bonchev–Trinajstić information content (AvgIpc) is 2.93. The highest BCUT2D eigenvalue weighted by Crippen LogP contribution is 2.37. The van der Waals surface area contributed by atoms with Gasteiger partial charge in [-0.3, -0.25) is 4.79 Å². The van der Waals surface area contributed by atoms with E-state index in [0.29, 0.717) is 11.5 Å². The zero-order valence-electron chi connectivity index (χ0n) is 22.9. The third-order valence-electron chi connectivity index (χ3n) is 7.49. The Hall–Kier alpha value is -4.25. The SMILES string of the molecule is CNc1ccc(NNc2ccc(NC(=O)c3ccc(CC(C)(c4ccccc4C)C(C)C)cc3)cc2)cc1. The second-order valence-corrected chi connectivity index (χ2v) is 10.4. The summed E-state index contributed by atoms with van der Waals surface area (Å²) in [5.74, 6) is 0.351. The molecular formula is C33H38N4O. The van der Waals surface area contributed by atoms with Crippen molar-refractivity contribution >= 4 is 28.7 Å². The molecule has 0 aliphatic carbocycles. The van der Waals surface area contributed by atoms with E-state index >= 15 is 0 Å². The molecule has 5 nitrogen and oxygen atoms in total. The molecule has 0 saturated heterocycles. The van der Waals surface area contributed by atoms with Gasteiger partial charge in [0.1, 0.15) is 0 Å². The Labute approximate surface area is 226 Å². The molecule has 5 heteroatoms. The third-order valence-corrected chi connectivity index (χ3v) is 7.49. The molecule has 1 amide bonds. The van der Waals surface area contributed by atoms with Gasteiger partial charge in [-0.15, -0.1) is 0 Å². The molecule has 4 rings (SSSR count). The van der Waals surface area contributed by atoms with E-state index in [1.165, 1.54) is 16.7 Å². The molecule has 0 spiro atoms. The monoisotopic (exact) mass is 506 g/mol. The van der Waals surface area contributed by atoms with Gasteiger partial charge in [-0.05, 0) is 102 Å². The summed E-state index contributed by atoms with van der Waals surface area (Å²) in [6.07, 6.45) is 0.916. The summed E-state index contributed by atoms with van der Waals surface area (Å²) >= 11 is 0. The van der Waals surface area contributed by atoms with Gasteiger partial charge in [0.05, 0.1) is 11.4 Å². The van der Waals surface area contributed by atoms with E-state index in [1.54, 1.807) is 0 Å². The van der Waals surface area contributed by atoms with Crippen molar-refractivity contribution in [1.82, 2.24) is 0 Å². The lowest BCUT2D eigenvalue weighted by Crippen LogP contribution is -2.32. The lowest BCUT2D eigenvalue weighted by atomic mass is 9.68. The minimum Gasteiger partial charge on any atom is -0.388 e. The van der Waals surface area contributed by atoms with Crippen molar-refractivity contribution in [2.45, 2.75) is 39.5 Å². The summed E-state index contributed by atoms with van der Waals surface area (Å²) < 4.78 is 0. The van der Waals surface area contributed by atoms with Crippen LogP contribution in [0.1, 0.15) is 47.8 Å². The molecule has 1 atom stereocenters. The first-order chi connectivity index (χ1) is 18.3. The number of anilines is 4. The predicted octanol–water partition coefficient (Wildman–Crippen LogP) is 7.88. The number of nitrogens with one attached hydrogen (secondary N) is 4. The van der Waals surface area contributed by atoms with Crippen molar-refractivity contribution in [3.05, 3.63) is 119 Å². The molecule has 0 aromatic heterocycles. The van der Waals surface area contributed by atoms with Gasteiger partial charge in [-0.25, -0.2) is 0 Å². The summed E-state index contributed by atoms with van der Waals surface area (Å²) in [6, 6.07) is 32.2. The van der Waals surface area contributed by atoms with Crippen LogP contribution in [0.5, 0.6) is 0 Å². The number of aryl methyl sites for hydroxylation is 1. The quantitative estimate of drug-likeness (QED) is 0.165. The molecule has 4 aromatic carbocycles. The maximum Gasteiger partial charge on any atom is 0.255 e. The van der Waals surface area contributed by atoms with Gasteiger partial charge < -0.3 is 21.5 Å². The standard InChI is InChI=1S/C33H38N4O/c1-23(2)33(4,31-9-7-6-8-24(31)3)22-25-10-12-26(13-11-25)32(38)35-28-16-20-30(21-17-28)37-36-29-18-14-27(34-5)15-19-29/h6-21,23,34,36-37H,22H2,1-5H3,(H,35,38). The fourth-order valence-corrected chi connectivity index (χ4v) is 4.73. The summed E-state index contributed by atoms with van der Waals surface area (Å²) in [4.78, 5) is 12.9. The van der Waals surface area contributed by atoms with Gasteiger partial charge in [0.15, 0.2) is 0 Å². The van der Waals surface area contributed by atoms with Gasteiger partial charge in [-0.1, -0.05) is 57.2 Å². The lowest BCUT2D eigenvalue weighted by Gasteiger charge is -2.36. The van der Waals surface area contributed by atoms with Crippen LogP contribution in [0.4, 0.5) is 22.7 Å². The van der Waals surface area contributed by atoms with Crippen molar-refractivity contribution in [3.63, 3.8) is 0 Å². The minimum atomic E-state index is -0.120. The number of amides is 1. The Morgan fingerprint density at radius 3 is 1.79 bits per heavy atom. The number of carbonyl (C=O) groups is 1. The largest absolute Gasteiger partial charge is 0.388 e. The Kier molecular flexibility index (Phi) is 8.37. The minimum absolute atomic E-state index is 0.00985. The second kappa shape index (κ2) is 11.9. The molecule has 0 radical (unpaired) electrons. The smallest absolute Gasteiger partial charge is 0.255 e. The number of hydrogen-bond acceptors (Lipinski definition) is 4. The van der Waals surface area contributed by atoms with Crippen LogP contribution in [-0.2, 0) is 11.8 Å². The lowest BCUT2D eigenvalue weighted by molar-refractivity contribution is 0.102. The van der Waals surface area contributed by atoms with Crippen LogP contribution in [0.25, 0.3) is 0 Å². The topological polar surface area (TPSA) is 65.2 Å². The number of hydrazine groups is 1. The highest BCUT2D eigenvalue weighted by Gasteiger charge is 2.31. The van der Waals surface area contributed by atoms with Crippen molar-refractivity contribution in [1.29, 1.82) is 0 Å². The first kappa shape index (κ1) is 26.8. The van der Waals surface area contributed by atoms with Crippen LogP contribution >= 0.6 is 0 Å². The molecule has 0 bridgehead atoms. The van der Waals surface area contributed by atoms with Gasteiger partial charge in [-0.2, -0.15) is 0 Å². The zero-order valence-corrected chi connectivity index (χ0v) is 22.9. The van der Waals surface area contributed by atoms with Crippen molar-refractivity contribution in [3.8, 4) is 0 Å². The molecule has 4 N–H and O–H groups in total. The average molecular weight is 507 g/mol. The molecule has 0 aliphatic heterocycles. The first-order valence-electron chi connectivity index (χ1n) is 13.1. The van der Waals surface area contributed by atoms with E-state index in [1.807, 2.05) is 67.7 Å². The summed E-state index contributed by atoms with van der Waals surface area (Å²) in [5, 5.41) is 6.10. The molecule has 196 valence electrons. The van der Waals surface area contributed by atoms with E-state index in [4.69, 9.17) is 0 Å². The molecule has 38 heavy (non-hydrogen) atoms. The molecule has 4 aromatic rings. The highest BCUT2D eigenvalue weighted by atomic mass is 16.1. The summed E-state index contributed by atoms with van der Waals surface area (Å²) in [7, 11) is 1.89. The van der Waals surface area contributed by atoms with Crippen molar-refractivity contribution in [2.75, 3.05) is 28.5 Å². The van der Waals surface area contributed by atoms with Crippen molar-refractivity contribution in [2.24, 2.45) is 5.92 Å². The molecule has 0 fully saturated rings. The molecule has 0 aliphatic rings. The molecule has 1 unspecified atom stereocenters. The Morgan fingerprint density at radius 1 is 0.737 bits per heavy atom. The van der Waals surface area contributed by atoms with E-state index < -0.39 is 0 Å². The molecular weight excluding hydrogens is 468 g/mol. The normalized spacial score (nSPS) is 12.5. The van der Waals surface area contributed by atoms with Crippen molar-refractivity contribution < 1.29 is 4.79 Å². The van der Waals surface area contributed by atoms with Crippen LogP contribution in [0.15, 0.2) is 97.1 Å². The molecule has 0 heterocycles. The fourth-order valence-electron chi connectivity index (χ4n) is 4.73. The van der Waals surface area contributed by atoms with Crippen LogP contribution in [0.3, 0.4) is 0 Å². The number of carbonyl (C=O) groups excluding carboxylic acids is 1. The summed E-state index contributed by atoms with van der Waals surface area (Å²) in [5.41, 5.74) is 14.6. The first-order valence-corrected chi connectivity index (χ1v) is 13.1.